The standard InChI is InChI=1S/C21H30O2/c1-12(22)15-3-4-16-14-9-18-21-10-13(21)5-8-20(21,11-23-18)17(14)6-7-19(15,16)2/h13-18H,3-11H2,1-2H3/t13?,14-,15+,16-,17-,18+,19+,20-,21?/m0/s1. The summed E-state index contributed by atoms with van der Waals surface area (Å²) in [6, 6.07) is 0. The van der Waals surface area contributed by atoms with E-state index in [2.05, 4.69) is 6.92 Å². The lowest BCUT2D eigenvalue weighted by molar-refractivity contribution is -0.130. The molecule has 5 aliphatic carbocycles. The van der Waals surface area contributed by atoms with Crippen molar-refractivity contribution in [2.24, 2.45) is 45.8 Å². The molecule has 5 saturated carbocycles. The van der Waals surface area contributed by atoms with Crippen molar-refractivity contribution in [1.29, 1.82) is 0 Å². The van der Waals surface area contributed by atoms with Gasteiger partial charge in [0.15, 0.2) is 0 Å². The Labute approximate surface area is 139 Å². The summed E-state index contributed by atoms with van der Waals surface area (Å²) in [6.45, 7) is 5.39. The molecule has 0 amide bonds. The number of hydrogen-bond acceptors (Lipinski definition) is 2. The summed E-state index contributed by atoms with van der Waals surface area (Å²) in [5.74, 6) is 4.39. The molecule has 0 aromatic rings. The normalized spacial score (nSPS) is 64.8. The molecule has 1 heterocycles. The zero-order valence-electron chi connectivity index (χ0n) is 14.6. The molecule has 1 spiro atoms. The maximum Gasteiger partial charge on any atom is 0.133 e. The second-order valence-corrected chi connectivity index (χ2v) is 10.3. The van der Waals surface area contributed by atoms with Crippen molar-refractivity contribution in [2.45, 2.75) is 71.3 Å². The third-order valence-corrected chi connectivity index (χ3v) is 10.3. The monoisotopic (exact) mass is 314 g/mol. The molecule has 2 unspecified atom stereocenters. The summed E-state index contributed by atoms with van der Waals surface area (Å²) in [4.78, 5) is 12.2. The second kappa shape index (κ2) is 3.89. The molecule has 0 radical (unpaired) electrons. The predicted octanol–water partition coefficient (Wildman–Crippen LogP) is 4.22. The minimum atomic E-state index is 0.301. The number of hydrogen-bond donors (Lipinski definition) is 0. The molecule has 2 nitrogen and oxygen atoms in total. The van der Waals surface area contributed by atoms with Crippen molar-refractivity contribution in [3.05, 3.63) is 0 Å². The Morgan fingerprint density at radius 3 is 2.74 bits per heavy atom. The highest BCUT2D eigenvalue weighted by Gasteiger charge is 2.81. The van der Waals surface area contributed by atoms with E-state index in [1.165, 1.54) is 44.9 Å². The highest BCUT2D eigenvalue weighted by atomic mass is 16.5. The minimum absolute atomic E-state index is 0.301. The van der Waals surface area contributed by atoms with Gasteiger partial charge < -0.3 is 4.74 Å². The summed E-state index contributed by atoms with van der Waals surface area (Å²) in [7, 11) is 0. The van der Waals surface area contributed by atoms with Gasteiger partial charge in [-0.1, -0.05) is 6.92 Å². The van der Waals surface area contributed by atoms with Gasteiger partial charge in [0.2, 0.25) is 0 Å². The molecule has 126 valence electrons. The predicted molar refractivity (Wildman–Crippen MR) is 87.8 cm³/mol. The van der Waals surface area contributed by atoms with Gasteiger partial charge in [-0.05, 0) is 87.4 Å². The van der Waals surface area contributed by atoms with Crippen LogP contribution in [0.15, 0.2) is 0 Å². The van der Waals surface area contributed by atoms with Crippen molar-refractivity contribution in [1.82, 2.24) is 0 Å². The van der Waals surface area contributed by atoms with Crippen LogP contribution in [0.4, 0.5) is 0 Å². The Balaban J connectivity index is 1.41. The molecular formula is C21H30O2. The lowest BCUT2D eigenvalue weighted by Gasteiger charge is -2.57. The van der Waals surface area contributed by atoms with E-state index in [4.69, 9.17) is 4.74 Å². The van der Waals surface area contributed by atoms with Crippen LogP contribution in [-0.2, 0) is 9.53 Å². The van der Waals surface area contributed by atoms with Crippen LogP contribution in [0.25, 0.3) is 0 Å². The SMILES string of the molecule is CC(=O)[C@H]1CC[C@H]2[C@@H]3C[C@H]4OC[C@@]5(CCC6CC645)[C@H]3CC[C@]12C. The van der Waals surface area contributed by atoms with Gasteiger partial charge in [0.05, 0.1) is 12.7 Å². The number of fused-ring (bicyclic) bond motifs is 3. The van der Waals surface area contributed by atoms with E-state index in [0.717, 1.165) is 36.7 Å². The van der Waals surface area contributed by atoms with E-state index in [9.17, 15) is 4.79 Å². The van der Waals surface area contributed by atoms with Crippen LogP contribution in [0.1, 0.15) is 65.2 Å². The second-order valence-electron chi connectivity index (χ2n) is 10.3. The number of ketones is 1. The fourth-order valence-corrected chi connectivity index (χ4v) is 9.44. The fourth-order valence-electron chi connectivity index (χ4n) is 9.44. The molecule has 6 fully saturated rings. The van der Waals surface area contributed by atoms with Gasteiger partial charge in [0.25, 0.3) is 0 Å². The van der Waals surface area contributed by atoms with E-state index >= 15 is 0 Å². The first-order chi connectivity index (χ1) is 11.0. The van der Waals surface area contributed by atoms with Crippen molar-refractivity contribution < 1.29 is 9.53 Å². The molecule has 0 aromatic heterocycles. The lowest BCUT2D eigenvalue weighted by Crippen LogP contribution is -2.54. The molecule has 6 rings (SSSR count). The van der Waals surface area contributed by atoms with E-state index in [1.54, 1.807) is 0 Å². The zero-order chi connectivity index (χ0) is 15.6. The highest BCUT2D eigenvalue weighted by Crippen LogP contribution is 2.84. The number of carbonyl (C=O) groups excluding carboxylic acids is 1. The molecule has 2 heteroatoms. The Hall–Kier alpha value is -0.370. The third kappa shape index (κ3) is 1.28. The zero-order valence-corrected chi connectivity index (χ0v) is 14.6. The summed E-state index contributed by atoms with van der Waals surface area (Å²) in [5, 5.41) is 0. The molecule has 0 aromatic carbocycles. The molecule has 1 aliphatic heterocycles. The van der Waals surface area contributed by atoms with E-state index in [-0.39, 0.29) is 0 Å². The van der Waals surface area contributed by atoms with Gasteiger partial charge in [0, 0.05) is 16.7 Å². The first-order valence-electron chi connectivity index (χ1n) is 10.1. The number of ether oxygens (including phenoxy) is 1. The van der Waals surface area contributed by atoms with Gasteiger partial charge in [-0.15, -0.1) is 0 Å². The van der Waals surface area contributed by atoms with Crippen molar-refractivity contribution in [2.75, 3.05) is 6.61 Å². The maximum atomic E-state index is 12.2. The molecule has 0 N–H and O–H groups in total. The van der Waals surface area contributed by atoms with Crippen molar-refractivity contribution in [3.63, 3.8) is 0 Å². The molecule has 23 heavy (non-hydrogen) atoms. The first kappa shape index (κ1) is 13.9. The number of Topliss-reactive ketones (excluding diaryl/α,β-unsaturated/α-hetero) is 1. The average molecular weight is 314 g/mol. The first-order valence-corrected chi connectivity index (χ1v) is 10.1. The molecule has 1 saturated heterocycles. The summed E-state index contributed by atoms with van der Waals surface area (Å²) in [5.41, 5.74) is 1.48. The van der Waals surface area contributed by atoms with Gasteiger partial charge in [-0.2, -0.15) is 0 Å². The van der Waals surface area contributed by atoms with Crippen LogP contribution >= 0.6 is 0 Å². The number of rotatable bonds is 1. The quantitative estimate of drug-likeness (QED) is 0.724. The molecular weight excluding hydrogens is 284 g/mol. The highest BCUT2D eigenvalue weighted by molar-refractivity contribution is 5.79. The summed E-state index contributed by atoms with van der Waals surface area (Å²) in [6.07, 6.45) is 11.5. The average Bonchev–Trinajstić information content (AvgIpc) is 2.86. The van der Waals surface area contributed by atoms with Gasteiger partial charge in [0.1, 0.15) is 5.78 Å². The van der Waals surface area contributed by atoms with Gasteiger partial charge >= 0.3 is 0 Å². The Kier molecular flexibility index (Phi) is 2.35. The van der Waals surface area contributed by atoms with Gasteiger partial charge in [-0.3, -0.25) is 4.79 Å². The van der Waals surface area contributed by atoms with Crippen LogP contribution in [0.2, 0.25) is 0 Å². The lowest BCUT2D eigenvalue weighted by atomic mass is 9.46. The smallest absolute Gasteiger partial charge is 0.133 e. The van der Waals surface area contributed by atoms with Crippen LogP contribution < -0.4 is 0 Å². The Morgan fingerprint density at radius 1 is 1.09 bits per heavy atom. The van der Waals surface area contributed by atoms with Crippen LogP contribution in [0.3, 0.4) is 0 Å². The fraction of sp³-hybridized carbons (Fsp3) is 0.952. The van der Waals surface area contributed by atoms with E-state index in [1.807, 2.05) is 6.92 Å². The number of carbonyl (C=O) groups is 1. The Bertz CT molecular complexity index is 599. The molecule has 6 aliphatic rings. The maximum absolute atomic E-state index is 12.2. The Morgan fingerprint density at radius 2 is 1.96 bits per heavy atom. The third-order valence-electron chi connectivity index (χ3n) is 10.3. The van der Waals surface area contributed by atoms with Crippen LogP contribution in [0, 0.1) is 45.8 Å². The molecule has 2 bridgehead atoms. The van der Waals surface area contributed by atoms with Crippen molar-refractivity contribution >= 4 is 5.78 Å². The molecule has 9 atom stereocenters. The van der Waals surface area contributed by atoms with Crippen LogP contribution in [0.5, 0.6) is 0 Å². The van der Waals surface area contributed by atoms with E-state index < -0.39 is 0 Å². The van der Waals surface area contributed by atoms with E-state index in [0.29, 0.717) is 34.1 Å². The summed E-state index contributed by atoms with van der Waals surface area (Å²) >= 11 is 0. The summed E-state index contributed by atoms with van der Waals surface area (Å²) < 4.78 is 6.46. The van der Waals surface area contributed by atoms with Gasteiger partial charge in [-0.25, -0.2) is 0 Å². The van der Waals surface area contributed by atoms with Crippen LogP contribution in [-0.4, -0.2) is 18.5 Å². The minimum Gasteiger partial charge on any atom is -0.377 e. The largest absolute Gasteiger partial charge is 0.377 e. The topological polar surface area (TPSA) is 26.3 Å². The van der Waals surface area contributed by atoms with Crippen molar-refractivity contribution in [3.8, 4) is 0 Å².